The number of carboxylic acid groups (broad SMARTS) is 4. The molecule has 3 aromatic heterocycles. The van der Waals surface area contributed by atoms with Gasteiger partial charge < -0.3 is 70.0 Å². The van der Waals surface area contributed by atoms with Crippen LogP contribution in [0.3, 0.4) is 0 Å². The summed E-state index contributed by atoms with van der Waals surface area (Å²) < 4.78 is 0. The van der Waals surface area contributed by atoms with Crippen LogP contribution in [0.1, 0.15) is 101 Å². The first-order valence-electron chi connectivity index (χ1n) is 24.9. The quantitative estimate of drug-likeness (QED) is 0.0756. The van der Waals surface area contributed by atoms with Crippen molar-refractivity contribution >= 4 is 68.0 Å². The number of aliphatic hydroxyl groups excluding tert-OH is 4. The fourth-order valence-electron chi connectivity index (χ4n) is 10.9. The number of nitrogens with one attached hydrogen (secondary N) is 2. The van der Waals surface area contributed by atoms with Crippen LogP contribution < -0.4 is 20.4 Å². The van der Waals surface area contributed by atoms with Crippen molar-refractivity contribution in [1.29, 1.82) is 0 Å². The van der Waals surface area contributed by atoms with Gasteiger partial charge in [0.05, 0.1) is 48.3 Å². The molecule has 0 amide bonds. The van der Waals surface area contributed by atoms with Gasteiger partial charge in [-0.3, -0.25) is 0 Å². The molecule has 2 aliphatic rings. The van der Waals surface area contributed by atoms with Crippen molar-refractivity contribution < 1.29 is 81.7 Å². The van der Waals surface area contributed by atoms with E-state index in [-0.39, 0.29) is 89.3 Å². The van der Waals surface area contributed by atoms with Gasteiger partial charge in [0.25, 0.3) is 0 Å². The normalized spacial score (nSPS) is 16.8. The average molecular weight is 1080 g/mol. The number of benzene rings is 4. The molecule has 20 nitrogen and oxygen atoms in total. The molecule has 4 aromatic carbocycles. The molecule has 21 heteroatoms. The van der Waals surface area contributed by atoms with E-state index >= 15 is 0 Å². The van der Waals surface area contributed by atoms with Gasteiger partial charge in [-0.25, -0.2) is 29.9 Å². The maximum atomic E-state index is 12.6. The molecule has 2 aliphatic heterocycles. The van der Waals surface area contributed by atoms with Crippen LogP contribution in [0, 0.1) is 23.7 Å². The zero-order chi connectivity index (χ0) is 54.9. The predicted molar refractivity (Wildman–Crippen MR) is 270 cm³/mol. The number of hydrogen-bond acceptors (Lipinski definition) is 18. The average Bonchev–Trinajstić information content (AvgIpc) is 4.27. The number of aliphatic hydroxyl groups is 4. The number of aromatic amines is 2. The van der Waals surface area contributed by atoms with Crippen LogP contribution in [0.2, 0.25) is 0 Å². The van der Waals surface area contributed by atoms with Crippen molar-refractivity contribution in [3.8, 4) is 45.6 Å². The Labute approximate surface area is 455 Å². The van der Waals surface area contributed by atoms with E-state index in [0.717, 1.165) is 10.8 Å². The Balaban J connectivity index is 0.00000784. The third-order valence-corrected chi connectivity index (χ3v) is 16.1. The summed E-state index contributed by atoms with van der Waals surface area (Å²) in [7, 11) is 0. The van der Waals surface area contributed by atoms with Gasteiger partial charge in [-0.05, 0) is 69.6 Å². The zero-order valence-electron chi connectivity index (χ0n) is 43.1. The van der Waals surface area contributed by atoms with E-state index < -0.39 is 95.6 Å². The van der Waals surface area contributed by atoms with Gasteiger partial charge in [-0.2, -0.15) is 0 Å². The first-order chi connectivity index (χ1) is 36.0. The Morgan fingerprint density at radius 2 is 0.610 bits per heavy atom. The molecule has 77 heavy (non-hydrogen) atoms. The SMILES string of the molecule is CC(c1c(C(C)C(C)C(O)C(=O)[O-])c([C@H](C)[C@@H](C)C(O)C(=O)[O-])c2c3nc4nc(nc5[nH]c(nc6nc(nc([nH]3)c2c1C(C)C(C)C(O)C(=O)[O-])-c1ccccc1-6)c1ccccc51)-c1ccccc1-4)C(C)C(O)C(=O)[O-].[Ti+4]. The molecule has 7 aromatic rings. The van der Waals surface area contributed by atoms with Crippen molar-refractivity contribution in [2.24, 2.45) is 23.7 Å². The minimum atomic E-state index is -2.14. The van der Waals surface area contributed by atoms with Gasteiger partial charge in [0, 0.05) is 43.8 Å². The Morgan fingerprint density at radius 3 is 0.883 bits per heavy atom. The van der Waals surface area contributed by atoms with Crippen LogP contribution in [-0.2, 0) is 40.9 Å². The minimum Gasteiger partial charge on any atom is -0.547 e. The first kappa shape index (κ1) is 55.9. The van der Waals surface area contributed by atoms with E-state index in [9.17, 15) is 60.0 Å². The molecule has 12 atom stereocenters. The minimum absolute atomic E-state index is 0. The second-order valence-electron chi connectivity index (χ2n) is 20.3. The smallest absolute Gasteiger partial charge is 0.547 e. The standard InChI is InChI=1S/C56H58N8O12.Ti/c1-21(25(5)41(65)53(69)70)35-36(22(2)26(6)42(66)54(71)72)38(24(4)28(8)44(68)56(75)76)40-39(37(35)23(3)27(7)43(67)55(73)74)51-62-49-33-19-13-11-17-31(33)47(60-49)58-45-29-15-9-10-16-30(29)46(57-45)59-48-32-18-12-14-20-34(32)50(61-48)63-52(40)64-51;/h9-28,41-44,65-68H,1-8H3,(H,69,70)(H,71,72)(H,73,74)(H,75,76)(H2,57,58,59,60,61,62,63,64);/q;+4/p-4/t21?,22?,23-,24?,25?,26?,27-,28?,41?,42?,43?,44?;/m1./s1. The Morgan fingerprint density at radius 1 is 0.377 bits per heavy atom. The van der Waals surface area contributed by atoms with E-state index in [4.69, 9.17) is 29.9 Å². The molecule has 0 radical (unpaired) electrons. The van der Waals surface area contributed by atoms with Gasteiger partial charge in [0.2, 0.25) is 0 Å². The van der Waals surface area contributed by atoms with Crippen molar-refractivity contribution in [2.45, 2.75) is 103 Å². The van der Waals surface area contributed by atoms with Gasteiger partial charge in [0.15, 0.2) is 23.3 Å². The Bertz CT molecular complexity index is 3460. The summed E-state index contributed by atoms with van der Waals surface area (Å²) in [5, 5.41) is 97.5. The molecule has 10 unspecified atom stereocenters. The number of H-pyrrole nitrogens is 2. The van der Waals surface area contributed by atoms with Crippen molar-refractivity contribution in [2.75, 3.05) is 0 Å². The summed E-state index contributed by atoms with van der Waals surface area (Å²) in [5.74, 6) is -15.9. The van der Waals surface area contributed by atoms with Crippen LogP contribution >= 0.6 is 0 Å². The summed E-state index contributed by atoms with van der Waals surface area (Å²) in [6.07, 6.45) is -8.51. The van der Waals surface area contributed by atoms with Crippen molar-refractivity contribution in [1.82, 2.24) is 39.9 Å². The summed E-state index contributed by atoms with van der Waals surface area (Å²) in [4.78, 5) is 87.7. The second kappa shape index (κ2) is 21.6. The molecule has 0 fully saturated rings. The topological polar surface area (TPSA) is 350 Å². The number of carboxylic acids is 4. The van der Waals surface area contributed by atoms with Gasteiger partial charge in [0.1, 0.15) is 22.6 Å². The molecule has 394 valence electrons. The number of aliphatic carboxylic acids is 4. The second-order valence-corrected chi connectivity index (χ2v) is 20.3. The molecule has 0 saturated heterocycles. The molecular formula is C56H54N8O12Ti. The van der Waals surface area contributed by atoms with Gasteiger partial charge >= 0.3 is 21.7 Å². The van der Waals surface area contributed by atoms with Crippen LogP contribution in [0.5, 0.6) is 0 Å². The maximum Gasteiger partial charge on any atom is 4.00 e. The van der Waals surface area contributed by atoms with E-state index in [1.807, 2.05) is 48.5 Å². The molecule has 9 rings (SSSR count). The van der Waals surface area contributed by atoms with Crippen molar-refractivity contribution in [3.63, 3.8) is 0 Å². The molecule has 5 heterocycles. The van der Waals surface area contributed by atoms with E-state index in [2.05, 4.69) is 9.97 Å². The van der Waals surface area contributed by atoms with Gasteiger partial charge in [-0.15, -0.1) is 0 Å². The van der Waals surface area contributed by atoms with Crippen LogP contribution in [0.25, 0.3) is 89.7 Å². The monoisotopic (exact) mass is 1080 g/mol. The number of aromatic nitrogens is 8. The van der Waals surface area contributed by atoms with Crippen LogP contribution in [-0.4, -0.2) is 109 Å². The summed E-state index contributed by atoms with van der Waals surface area (Å²) >= 11 is 0. The summed E-state index contributed by atoms with van der Waals surface area (Å²) in [6, 6.07) is 21.9. The molecule has 8 bridgehead atoms. The summed E-state index contributed by atoms with van der Waals surface area (Å²) in [5.41, 5.74) is 3.96. The fraction of sp³-hybridized carbons (Fsp3) is 0.357. The molecule has 6 N–H and O–H groups in total. The number of fused-ring (bicyclic) bond motifs is 20. The largest absolute Gasteiger partial charge is 4.00 e. The number of hydrogen-bond donors (Lipinski definition) is 6. The predicted octanol–water partition coefficient (Wildman–Crippen LogP) is 2.27. The maximum absolute atomic E-state index is 12.6. The van der Waals surface area contributed by atoms with Crippen molar-refractivity contribution in [3.05, 3.63) is 95.1 Å². The molecule has 0 aliphatic carbocycles. The van der Waals surface area contributed by atoms with E-state index in [1.165, 1.54) is 27.7 Å². The van der Waals surface area contributed by atoms with Gasteiger partial charge in [-0.1, -0.05) is 128 Å². The van der Waals surface area contributed by atoms with E-state index in [0.29, 0.717) is 33.5 Å². The Kier molecular flexibility index (Phi) is 15.7. The summed E-state index contributed by atoms with van der Waals surface area (Å²) in [6.45, 7) is 12.2. The van der Waals surface area contributed by atoms with Crippen LogP contribution in [0.4, 0.5) is 0 Å². The molecular weight excluding hydrogens is 1020 g/mol. The third-order valence-electron chi connectivity index (χ3n) is 16.1. The van der Waals surface area contributed by atoms with Crippen LogP contribution in [0.15, 0.2) is 72.8 Å². The number of rotatable bonds is 16. The number of nitrogens with zero attached hydrogens (tertiary/aromatic N) is 6. The van der Waals surface area contributed by atoms with E-state index in [1.54, 1.807) is 52.0 Å². The third kappa shape index (κ3) is 9.67. The fourth-order valence-corrected chi connectivity index (χ4v) is 10.9. The first-order valence-corrected chi connectivity index (χ1v) is 24.9. The number of carbonyl (C=O) groups excluding carboxylic acids is 4. The molecule has 0 spiro atoms. The Hall–Kier alpha value is -7.33. The number of carbonyl (C=O) groups is 4. The molecule has 0 saturated carbocycles. The zero-order valence-corrected chi connectivity index (χ0v) is 44.7.